The quantitative estimate of drug-likeness (QED) is 0.498. The molecule has 0 aliphatic carbocycles. The van der Waals surface area contributed by atoms with Gasteiger partial charge in [-0.05, 0) is 13.0 Å². The van der Waals surface area contributed by atoms with Crippen LogP contribution in [0.25, 0.3) is 0 Å². The van der Waals surface area contributed by atoms with E-state index >= 15 is 0 Å². The molecule has 0 saturated heterocycles. The highest BCUT2D eigenvalue weighted by atomic mass is 19.1. The third-order valence-corrected chi connectivity index (χ3v) is 2.16. The molecule has 0 bridgehead atoms. The maximum absolute atomic E-state index is 13.6. The van der Waals surface area contributed by atoms with Crippen molar-refractivity contribution in [2.75, 3.05) is 13.2 Å². The number of esters is 1. The van der Waals surface area contributed by atoms with E-state index in [4.69, 9.17) is 0 Å². The molecule has 0 radical (unpaired) electrons. The van der Waals surface area contributed by atoms with E-state index in [1.54, 1.807) is 6.92 Å². The number of benzene rings is 1. The molecule has 0 atom stereocenters. The van der Waals surface area contributed by atoms with Gasteiger partial charge < -0.3 is 10.1 Å². The minimum absolute atomic E-state index is 0.0918. The molecule has 1 amide bonds. The molecule has 9 heteroatoms. The molecule has 0 saturated carbocycles. The van der Waals surface area contributed by atoms with Gasteiger partial charge in [-0.1, -0.05) is 0 Å². The Bertz CT molecular complexity index is 562. The Balaban J connectivity index is 2.93. The van der Waals surface area contributed by atoms with Gasteiger partial charge in [-0.25, -0.2) is 4.39 Å². The molecule has 0 aromatic heterocycles. The average Bonchev–Trinajstić information content (AvgIpc) is 2.38. The van der Waals surface area contributed by atoms with Crippen LogP contribution in [0.3, 0.4) is 0 Å². The van der Waals surface area contributed by atoms with E-state index in [1.807, 2.05) is 5.32 Å². The Morgan fingerprint density at radius 2 is 2.05 bits per heavy atom. The van der Waals surface area contributed by atoms with Gasteiger partial charge in [0, 0.05) is 0 Å². The van der Waals surface area contributed by atoms with Gasteiger partial charge in [-0.3, -0.25) is 19.7 Å². The zero-order valence-electron chi connectivity index (χ0n) is 10.3. The summed E-state index contributed by atoms with van der Waals surface area (Å²) >= 11 is 0. The number of nitrogens with zero attached hydrogens (tertiary/aromatic N) is 1. The van der Waals surface area contributed by atoms with E-state index in [1.165, 1.54) is 0 Å². The molecule has 0 aliphatic rings. The Kier molecular flexibility index (Phi) is 5.07. The smallest absolute Gasteiger partial charge is 0.325 e. The molecule has 1 N–H and O–H groups in total. The molecule has 1 aromatic carbocycles. The number of carbonyl (C=O) groups excluding carboxylic acids is 2. The van der Waals surface area contributed by atoms with E-state index in [-0.39, 0.29) is 6.61 Å². The zero-order chi connectivity index (χ0) is 15.3. The summed E-state index contributed by atoms with van der Waals surface area (Å²) in [5.41, 5.74) is -2.02. The van der Waals surface area contributed by atoms with Crippen LogP contribution in [0.5, 0.6) is 0 Å². The first-order chi connectivity index (χ1) is 9.36. The van der Waals surface area contributed by atoms with Gasteiger partial charge in [0.15, 0.2) is 0 Å². The highest BCUT2D eigenvalue weighted by Gasteiger charge is 2.24. The molecule has 0 heterocycles. The van der Waals surface area contributed by atoms with Gasteiger partial charge >= 0.3 is 11.7 Å². The summed E-state index contributed by atoms with van der Waals surface area (Å²) in [5.74, 6) is -4.54. The topological polar surface area (TPSA) is 98.5 Å². The summed E-state index contributed by atoms with van der Waals surface area (Å²) in [6, 6.07) is 0.861. The fourth-order valence-corrected chi connectivity index (χ4v) is 1.33. The van der Waals surface area contributed by atoms with E-state index in [2.05, 4.69) is 4.74 Å². The number of halogens is 2. The van der Waals surface area contributed by atoms with Crippen molar-refractivity contribution in [2.45, 2.75) is 6.92 Å². The maximum Gasteiger partial charge on any atom is 0.325 e. The molecule has 0 unspecified atom stereocenters. The van der Waals surface area contributed by atoms with Crippen LogP contribution in [0.4, 0.5) is 14.5 Å². The first-order valence-electron chi connectivity index (χ1n) is 5.44. The molecular weight excluding hydrogens is 278 g/mol. The van der Waals surface area contributed by atoms with Crippen LogP contribution in [0.15, 0.2) is 12.1 Å². The standard InChI is InChI=1S/C11H10F2N2O5/c1-2-20-9(16)5-14-11(17)7-3-6(12)4-8(10(7)13)15(18)19/h3-4H,2,5H2,1H3,(H,14,17). The predicted molar refractivity (Wildman–Crippen MR) is 62.0 cm³/mol. The Labute approximate surface area is 111 Å². The van der Waals surface area contributed by atoms with Crippen LogP contribution in [-0.4, -0.2) is 30.0 Å². The third kappa shape index (κ3) is 3.70. The van der Waals surface area contributed by atoms with Crippen LogP contribution in [0.1, 0.15) is 17.3 Å². The third-order valence-electron chi connectivity index (χ3n) is 2.16. The number of nitro groups is 1. The number of hydrogen-bond donors (Lipinski definition) is 1. The molecule has 1 aromatic rings. The van der Waals surface area contributed by atoms with Crippen molar-refractivity contribution >= 4 is 17.6 Å². The lowest BCUT2D eigenvalue weighted by atomic mass is 10.1. The monoisotopic (exact) mass is 288 g/mol. The van der Waals surface area contributed by atoms with Crippen LogP contribution < -0.4 is 5.32 Å². The number of hydrogen-bond acceptors (Lipinski definition) is 5. The van der Waals surface area contributed by atoms with E-state index in [0.29, 0.717) is 12.1 Å². The second-order valence-electron chi connectivity index (χ2n) is 3.53. The van der Waals surface area contributed by atoms with Crippen molar-refractivity contribution in [3.63, 3.8) is 0 Å². The summed E-state index contributed by atoms with van der Waals surface area (Å²) in [7, 11) is 0. The lowest BCUT2D eigenvalue weighted by Crippen LogP contribution is -2.31. The normalized spacial score (nSPS) is 9.95. The molecule has 1 rings (SSSR count). The van der Waals surface area contributed by atoms with Crippen molar-refractivity contribution in [3.8, 4) is 0 Å². The van der Waals surface area contributed by atoms with Gasteiger partial charge in [0.05, 0.1) is 23.2 Å². The molecule has 0 spiro atoms. The van der Waals surface area contributed by atoms with Crippen molar-refractivity contribution < 1.29 is 28.0 Å². The molecule has 20 heavy (non-hydrogen) atoms. The largest absolute Gasteiger partial charge is 0.465 e. The number of carbonyl (C=O) groups is 2. The Morgan fingerprint density at radius 3 is 2.60 bits per heavy atom. The second kappa shape index (κ2) is 6.55. The molecule has 0 aliphatic heterocycles. The minimum Gasteiger partial charge on any atom is -0.465 e. The van der Waals surface area contributed by atoms with E-state index < -0.39 is 46.2 Å². The average molecular weight is 288 g/mol. The highest BCUT2D eigenvalue weighted by molar-refractivity contribution is 5.96. The summed E-state index contributed by atoms with van der Waals surface area (Å²) in [6.45, 7) is 1.08. The molecule has 108 valence electrons. The van der Waals surface area contributed by atoms with E-state index in [0.717, 1.165) is 0 Å². The van der Waals surface area contributed by atoms with Crippen LogP contribution in [-0.2, 0) is 9.53 Å². The number of rotatable bonds is 5. The zero-order valence-corrected chi connectivity index (χ0v) is 10.3. The van der Waals surface area contributed by atoms with Crippen molar-refractivity contribution in [2.24, 2.45) is 0 Å². The van der Waals surface area contributed by atoms with Crippen molar-refractivity contribution in [3.05, 3.63) is 39.4 Å². The van der Waals surface area contributed by atoms with Gasteiger partial charge in [0.2, 0.25) is 5.82 Å². The van der Waals surface area contributed by atoms with Crippen LogP contribution in [0.2, 0.25) is 0 Å². The summed E-state index contributed by atoms with van der Waals surface area (Å²) in [4.78, 5) is 31.9. The Hall–Kier alpha value is -2.58. The number of nitrogens with one attached hydrogen (secondary N) is 1. The van der Waals surface area contributed by atoms with E-state index in [9.17, 15) is 28.5 Å². The number of ether oxygens (including phenoxy) is 1. The fourth-order valence-electron chi connectivity index (χ4n) is 1.33. The second-order valence-corrected chi connectivity index (χ2v) is 3.53. The minimum atomic E-state index is -1.47. The lowest BCUT2D eigenvalue weighted by Gasteiger charge is -2.06. The molecule has 7 nitrogen and oxygen atoms in total. The lowest BCUT2D eigenvalue weighted by molar-refractivity contribution is -0.387. The molecule has 0 fully saturated rings. The summed E-state index contributed by atoms with van der Waals surface area (Å²) in [6.07, 6.45) is 0. The molecular formula is C11H10F2N2O5. The van der Waals surface area contributed by atoms with Crippen molar-refractivity contribution in [1.29, 1.82) is 0 Å². The SMILES string of the molecule is CCOC(=O)CNC(=O)c1cc(F)cc([N+](=O)[O-])c1F. The van der Waals surface area contributed by atoms with Crippen LogP contribution in [0, 0.1) is 21.7 Å². The fraction of sp³-hybridized carbons (Fsp3) is 0.273. The van der Waals surface area contributed by atoms with Crippen molar-refractivity contribution in [1.82, 2.24) is 5.32 Å². The van der Waals surface area contributed by atoms with Gasteiger partial charge in [-0.2, -0.15) is 4.39 Å². The Morgan fingerprint density at radius 1 is 1.40 bits per heavy atom. The van der Waals surface area contributed by atoms with Crippen LogP contribution >= 0.6 is 0 Å². The maximum atomic E-state index is 13.6. The first kappa shape index (κ1) is 15.5. The van der Waals surface area contributed by atoms with Gasteiger partial charge in [0.25, 0.3) is 5.91 Å². The van der Waals surface area contributed by atoms with Gasteiger partial charge in [0.1, 0.15) is 12.4 Å². The predicted octanol–water partition coefficient (Wildman–Crippen LogP) is 1.17. The highest BCUT2D eigenvalue weighted by Crippen LogP contribution is 2.22. The number of nitro benzene ring substituents is 1. The number of amides is 1. The van der Waals surface area contributed by atoms with Gasteiger partial charge in [-0.15, -0.1) is 0 Å². The first-order valence-corrected chi connectivity index (χ1v) is 5.44. The summed E-state index contributed by atoms with van der Waals surface area (Å²) in [5, 5.41) is 12.5. The summed E-state index contributed by atoms with van der Waals surface area (Å²) < 4.78 is 31.3.